The van der Waals surface area contributed by atoms with Crippen LogP contribution in [0.25, 0.3) is 11.0 Å². The molecule has 136 valence electrons. The van der Waals surface area contributed by atoms with E-state index in [4.69, 9.17) is 11.6 Å². The molecule has 0 saturated heterocycles. The number of thiazole rings is 1. The van der Waals surface area contributed by atoms with Crippen LogP contribution in [0.15, 0.2) is 49.1 Å². The van der Waals surface area contributed by atoms with Gasteiger partial charge in [0.25, 0.3) is 0 Å². The summed E-state index contributed by atoms with van der Waals surface area (Å²) in [5, 5.41) is 11.3. The number of aromatic nitrogens is 4. The lowest BCUT2D eigenvalue weighted by Crippen LogP contribution is -2.28. The lowest BCUT2D eigenvalue weighted by Gasteiger charge is -2.15. The number of amides is 1. The molecule has 0 atom stereocenters. The van der Waals surface area contributed by atoms with Gasteiger partial charge in [-0.15, -0.1) is 0 Å². The van der Waals surface area contributed by atoms with Crippen LogP contribution in [0.2, 0.25) is 5.15 Å². The van der Waals surface area contributed by atoms with E-state index in [9.17, 15) is 9.90 Å². The lowest BCUT2D eigenvalue weighted by molar-refractivity contribution is 0.201. The Morgan fingerprint density at radius 1 is 1.26 bits per heavy atom. The number of nitrogens with one attached hydrogen (secondary N) is 1. The lowest BCUT2D eigenvalue weighted by atomic mass is 10.1. The Balaban J connectivity index is 1.62. The second-order valence-electron chi connectivity index (χ2n) is 5.82. The fraction of sp³-hybridized carbons (Fsp3) is 0.111. The van der Waals surface area contributed by atoms with Crippen molar-refractivity contribution in [3.05, 3.63) is 70.2 Å². The molecule has 0 radical (unpaired) electrons. The van der Waals surface area contributed by atoms with Crippen molar-refractivity contribution in [1.29, 1.82) is 0 Å². The maximum atomic E-state index is 11.7. The molecule has 27 heavy (non-hydrogen) atoms. The van der Waals surface area contributed by atoms with Crippen molar-refractivity contribution in [2.24, 2.45) is 0 Å². The molecule has 0 saturated carbocycles. The average molecular weight is 400 g/mol. The molecule has 7 nitrogen and oxygen atoms in total. The minimum atomic E-state index is -1.08. The quantitative estimate of drug-likeness (QED) is 0.520. The van der Waals surface area contributed by atoms with E-state index in [2.05, 4.69) is 19.9 Å². The molecular formula is C18H14ClN5O2S. The predicted molar refractivity (Wildman–Crippen MR) is 104 cm³/mol. The normalized spacial score (nSPS) is 11.0. The molecule has 0 aliphatic heterocycles. The molecule has 4 aromatic heterocycles. The summed E-state index contributed by atoms with van der Waals surface area (Å²) in [5.41, 5.74) is 2.66. The summed E-state index contributed by atoms with van der Waals surface area (Å²) in [4.78, 5) is 29.4. The van der Waals surface area contributed by atoms with Gasteiger partial charge in [0.2, 0.25) is 0 Å². The van der Waals surface area contributed by atoms with Crippen molar-refractivity contribution in [2.45, 2.75) is 13.0 Å². The van der Waals surface area contributed by atoms with Crippen molar-refractivity contribution >= 4 is 45.2 Å². The van der Waals surface area contributed by atoms with Crippen molar-refractivity contribution in [2.75, 3.05) is 4.90 Å². The van der Waals surface area contributed by atoms with Gasteiger partial charge in [0, 0.05) is 36.6 Å². The summed E-state index contributed by atoms with van der Waals surface area (Å²) in [7, 11) is 0. The summed E-state index contributed by atoms with van der Waals surface area (Å²) < 4.78 is 0. The Bertz CT molecular complexity index is 1100. The molecule has 0 spiro atoms. The minimum absolute atomic E-state index is 0.179. The van der Waals surface area contributed by atoms with Gasteiger partial charge in [0.15, 0.2) is 5.13 Å². The highest BCUT2D eigenvalue weighted by Gasteiger charge is 2.21. The Morgan fingerprint density at radius 2 is 2.07 bits per heavy atom. The minimum Gasteiger partial charge on any atom is -0.465 e. The van der Waals surface area contributed by atoms with Gasteiger partial charge in [-0.05, 0) is 35.4 Å². The number of halogens is 1. The molecule has 1 amide bonds. The molecule has 4 heterocycles. The van der Waals surface area contributed by atoms with Gasteiger partial charge in [0.05, 0.1) is 11.4 Å². The number of carboxylic acid groups (broad SMARTS) is 1. The topological polar surface area (TPSA) is 95.0 Å². The van der Waals surface area contributed by atoms with Crippen molar-refractivity contribution in [3.8, 4) is 0 Å². The monoisotopic (exact) mass is 399 g/mol. The van der Waals surface area contributed by atoms with Gasteiger partial charge in [-0.25, -0.2) is 19.7 Å². The average Bonchev–Trinajstić information content (AvgIpc) is 3.25. The molecule has 4 aromatic rings. The Kier molecular flexibility index (Phi) is 4.74. The van der Waals surface area contributed by atoms with Crippen LogP contribution in [0.5, 0.6) is 0 Å². The van der Waals surface area contributed by atoms with Gasteiger partial charge in [-0.3, -0.25) is 4.98 Å². The van der Waals surface area contributed by atoms with E-state index in [1.165, 1.54) is 16.2 Å². The van der Waals surface area contributed by atoms with Crippen LogP contribution >= 0.6 is 22.9 Å². The first-order valence-electron chi connectivity index (χ1n) is 8.07. The summed E-state index contributed by atoms with van der Waals surface area (Å²) >= 11 is 7.58. The van der Waals surface area contributed by atoms with Crippen LogP contribution in [0.1, 0.15) is 16.0 Å². The molecule has 2 N–H and O–H groups in total. The first-order valence-corrected chi connectivity index (χ1v) is 9.27. The summed E-state index contributed by atoms with van der Waals surface area (Å²) in [6.07, 6.45) is 6.33. The number of hydrogen-bond donors (Lipinski definition) is 2. The largest absolute Gasteiger partial charge is 0.465 e. The number of rotatable bonds is 5. The molecule has 0 aromatic carbocycles. The zero-order valence-corrected chi connectivity index (χ0v) is 15.5. The highest BCUT2D eigenvalue weighted by atomic mass is 35.5. The van der Waals surface area contributed by atoms with Crippen molar-refractivity contribution in [1.82, 2.24) is 19.9 Å². The Hall–Kier alpha value is -2.97. The number of anilines is 1. The van der Waals surface area contributed by atoms with Crippen LogP contribution in [0, 0.1) is 0 Å². The fourth-order valence-corrected chi connectivity index (χ4v) is 4.05. The van der Waals surface area contributed by atoms with E-state index in [0.717, 1.165) is 27.0 Å². The van der Waals surface area contributed by atoms with E-state index < -0.39 is 6.09 Å². The smallest absolute Gasteiger partial charge is 0.413 e. The van der Waals surface area contributed by atoms with E-state index in [1.54, 1.807) is 30.7 Å². The second-order valence-corrected chi connectivity index (χ2v) is 7.24. The number of hydrogen-bond acceptors (Lipinski definition) is 5. The zero-order chi connectivity index (χ0) is 18.8. The van der Waals surface area contributed by atoms with Gasteiger partial charge in [-0.1, -0.05) is 22.9 Å². The number of H-pyrrole nitrogens is 1. The molecule has 0 aliphatic rings. The molecule has 4 rings (SSSR count). The second kappa shape index (κ2) is 7.34. The van der Waals surface area contributed by atoms with E-state index in [1.807, 2.05) is 18.3 Å². The number of nitrogens with zero attached hydrogens (tertiary/aromatic N) is 4. The van der Waals surface area contributed by atoms with E-state index in [-0.39, 0.29) is 6.54 Å². The molecule has 0 unspecified atom stereocenters. The number of carbonyl (C=O) groups is 1. The zero-order valence-electron chi connectivity index (χ0n) is 14.0. The highest BCUT2D eigenvalue weighted by Crippen LogP contribution is 2.33. The van der Waals surface area contributed by atoms with Crippen LogP contribution in [-0.4, -0.2) is 31.1 Å². The SMILES string of the molecule is O=C(O)N(Cc1ccncc1)c1nc(Cl)c(Cc2c[nH]c3ncccc23)s1. The summed E-state index contributed by atoms with van der Waals surface area (Å²) in [6, 6.07) is 7.40. The summed E-state index contributed by atoms with van der Waals surface area (Å²) in [6.45, 7) is 0.179. The van der Waals surface area contributed by atoms with Gasteiger partial charge < -0.3 is 10.1 Å². The molecule has 0 fully saturated rings. The maximum absolute atomic E-state index is 11.7. The molecular weight excluding hydrogens is 386 g/mol. The number of fused-ring (bicyclic) bond motifs is 1. The predicted octanol–water partition coefficient (Wildman–Crippen LogP) is 4.34. The molecule has 0 aliphatic carbocycles. The van der Waals surface area contributed by atoms with E-state index >= 15 is 0 Å². The van der Waals surface area contributed by atoms with Crippen molar-refractivity contribution < 1.29 is 9.90 Å². The maximum Gasteiger partial charge on any atom is 0.413 e. The molecule has 9 heteroatoms. The van der Waals surface area contributed by atoms with Crippen molar-refractivity contribution in [3.63, 3.8) is 0 Å². The number of pyridine rings is 2. The van der Waals surface area contributed by atoms with Crippen LogP contribution in [-0.2, 0) is 13.0 Å². The molecule has 0 bridgehead atoms. The van der Waals surface area contributed by atoms with Crippen LogP contribution < -0.4 is 4.90 Å². The van der Waals surface area contributed by atoms with E-state index in [0.29, 0.717) is 16.7 Å². The van der Waals surface area contributed by atoms with Crippen LogP contribution in [0.4, 0.5) is 9.93 Å². The van der Waals surface area contributed by atoms with Gasteiger partial charge in [0.1, 0.15) is 10.8 Å². The van der Waals surface area contributed by atoms with Gasteiger partial charge >= 0.3 is 6.09 Å². The summed E-state index contributed by atoms with van der Waals surface area (Å²) in [5.74, 6) is 0. The highest BCUT2D eigenvalue weighted by molar-refractivity contribution is 7.16. The first kappa shape index (κ1) is 17.4. The Morgan fingerprint density at radius 3 is 2.85 bits per heavy atom. The number of aromatic amines is 1. The van der Waals surface area contributed by atoms with Gasteiger partial charge in [-0.2, -0.15) is 0 Å². The van der Waals surface area contributed by atoms with Crippen LogP contribution in [0.3, 0.4) is 0 Å². The third kappa shape index (κ3) is 3.62. The third-order valence-corrected chi connectivity index (χ3v) is 5.58. The fourth-order valence-electron chi connectivity index (χ4n) is 2.77. The Labute approximate surface area is 163 Å². The standard InChI is InChI=1S/C18H14ClN5O2S/c19-15-14(8-12-9-22-16-13(12)2-1-5-21-16)27-17(23-15)24(18(25)26)10-11-3-6-20-7-4-11/h1-7,9H,8,10H2,(H,21,22)(H,25,26). The first-order chi connectivity index (χ1) is 13.1. The third-order valence-electron chi connectivity index (χ3n) is 4.08.